The first-order valence-corrected chi connectivity index (χ1v) is 8.53. The molecule has 4 heterocycles. The molecule has 0 radical (unpaired) electrons. The molecule has 7 heteroatoms. The van der Waals surface area contributed by atoms with Crippen LogP contribution in [0.2, 0.25) is 0 Å². The second-order valence-electron chi connectivity index (χ2n) is 5.84. The molecule has 0 unspecified atom stereocenters. The van der Waals surface area contributed by atoms with E-state index < -0.39 is 0 Å². The molecule has 22 heavy (non-hydrogen) atoms. The predicted molar refractivity (Wildman–Crippen MR) is 86.5 cm³/mol. The highest BCUT2D eigenvalue weighted by atomic mass is 32.1. The molecule has 0 aliphatic carbocycles. The largest absolute Gasteiger partial charge is 0.369 e. The molecule has 2 aromatic rings. The Morgan fingerprint density at radius 3 is 2.73 bits per heavy atom. The third kappa shape index (κ3) is 2.66. The topological polar surface area (TPSA) is 54.4 Å². The Kier molecular flexibility index (Phi) is 3.67. The van der Waals surface area contributed by atoms with Crippen LogP contribution >= 0.6 is 11.3 Å². The van der Waals surface area contributed by atoms with E-state index in [9.17, 15) is 0 Å². The lowest BCUT2D eigenvalue weighted by Gasteiger charge is -2.48. The maximum absolute atomic E-state index is 6.22. The van der Waals surface area contributed by atoms with Crippen LogP contribution in [-0.4, -0.2) is 53.3 Å². The van der Waals surface area contributed by atoms with Crippen molar-refractivity contribution in [3.8, 4) is 0 Å². The number of ether oxygens (including phenoxy) is 1. The van der Waals surface area contributed by atoms with E-state index >= 15 is 0 Å². The van der Waals surface area contributed by atoms with Crippen LogP contribution in [0.25, 0.3) is 0 Å². The summed E-state index contributed by atoms with van der Waals surface area (Å²) in [6.07, 6.45) is 7.65. The van der Waals surface area contributed by atoms with Gasteiger partial charge in [-0.3, -0.25) is 0 Å². The van der Waals surface area contributed by atoms with Crippen LogP contribution in [0.5, 0.6) is 0 Å². The number of hydrogen-bond acceptors (Lipinski definition) is 7. The predicted octanol–water partition coefficient (Wildman–Crippen LogP) is 1.81. The summed E-state index contributed by atoms with van der Waals surface area (Å²) in [6, 6.07) is 1.85. The van der Waals surface area contributed by atoms with E-state index in [-0.39, 0.29) is 5.60 Å². The van der Waals surface area contributed by atoms with Gasteiger partial charge in [0.1, 0.15) is 5.60 Å². The average Bonchev–Trinajstić information content (AvgIpc) is 3.10. The van der Waals surface area contributed by atoms with E-state index in [0.29, 0.717) is 0 Å². The number of aromatic nitrogens is 3. The number of anilines is 2. The van der Waals surface area contributed by atoms with Crippen molar-refractivity contribution in [1.29, 1.82) is 0 Å². The first-order chi connectivity index (χ1) is 10.8. The van der Waals surface area contributed by atoms with Gasteiger partial charge >= 0.3 is 0 Å². The molecule has 0 saturated carbocycles. The molecule has 0 amide bonds. The molecule has 0 bridgehead atoms. The molecule has 1 spiro atoms. The van der Waals surface area contributed by atoms with Gasteiger partial charge in [-0.2, -0.15) is 0 Å². The Morgan fingerprint density at radius 2 is 1.91 bits per heavy atom. The summed E-state index contributed by atoms with van der Waals surface area (Å²) in [5, 5.41) is 3.12. The lowest BCUT2D eigenvalue weighted by Crippen LogP contribution is -2.60. The Hall–Kier alpha value is -1.73. The maximum atomic E-state index is 6.22. The van der Waals surface area contributed by atoms with Gasteiger partial charge < -0.3 is 14.5 Å². The van der Waals surface area contributed by atoms with E-state index in [1.165, 1.54) is 0 Å². The molecule has 4 rings (SSSR count). The molecule has 2 aliphatic heterocycles. The number of nitrogens with zero attached hydrogens (tertiary/aromatic N) is 5. The van der Waals surface area contributed by atoms with Crippen LogP contribution < -0.4 is 9.80 Å². The fraction of sp³-hybridized carbons (Fsp3) is 0.533. The minimum absolute atomic E-state index is 0.138. The Bertz CT molecular complexity index is 604. The number of morpholine rings is 1. The van der Waals surface area contributed by atoms with Crippen molar-refractivity contribution in [2.24, 2.45) is 0 Å². The number of thiazole rings is 1. The van der Waals surface area contributed by atoms with Gasteiger partial charge in [0.2, 0.25) is 5.95 Å². The fourth-order valence-electron chi connectivity index (χ4n) is 3.35. The van der Waals surface area contributed by atoms with Gasteiger partial charge in [0, 0.05) is 37.1 Å². The summed E-state index contributed by atoms with van der Waals surface area (Å²) in [7, 11) is 0. The van der Waals surface area contributed by atoms with Gasteiger partial charge in [-0.15, -0.1) is 11.3 Å². The molecule has 1 atom stereocenters. The molecule has 6 nitrogen and oxygen atoms in total. The van der Waals surface area contributed by atoms with Crippen LogP contribution in [0.15, 0.2) is 30.0 Å². The lowest BCUT2D eigenvalue weighted by atomic mass is 9.91. The summed E-state index contributed by atoms with van der Waals surface area (Å²) in [5.74, 6) is 0.802. The van der Waals surface area contributed by atoms with E-state index in [1.54, 1.807) is 23.7 Å². The van der Waals surface area contributed by atoms with Crippen molar-refractivity contribution in [3.05, 3.63) is 30.0 Å². The average molecular weight is 317 g/mol. The summed E-state index contributed by atoms with van der Waals surface area (Å²) >= 11 is 1.69. The molecule has 2 aliphatic rings. The number of rotatable bonds is 2. The van der Waals surface area contributed by atoms with E-state index in [2.05, 4.69) is 24.8 Å². The van der Waals surface area contributed by atoms with Gasteiger partial charge in [-0.05, 0) is 18.9 Å². The number of hydrogen-bond donors (Lipinski definition) is 0. The highest BCUT2D eigenvalue weighted by Gasteiger charge is 2.41. The summed E-state index contributed by atoms with van der Waals surface area (Å²) in [5.41, 5.74) is -0.138. The zero-order chi connectivity index (χ0) is 14.8. The summed E-state index contributed by atoms with van der Waals surface area (Å²) in [4.78, 5) is 17.8. The Morgan fingerprint density at radius 1 is 1.05 bits per heavy atom. The quantitative estimate of drug-likeness (QED) is 0.842. The minimum Gasteiger partial charge on any atom is -0.369 e. The third-order valence-electron chi connectivity index (χ3n) is 4.31. The van der Waals surface area contributed by atoms with Gasteiger partial charge in [-0.1, -0.05) is 0 Å². The Labute approximate surface area is 133 Å². The van der Waals surface area contributed by atoms with Crippen LogP contribution in [0, 0.1) is 0 Å². The van der Waals surface area contributed by atoms with E-state index in [1.807, 2.05) is 17.6 Å². The van der Waals surface area contributed by atoms with Crippen LogP contribution in [0.3, 0.4) is 0 Å². The van der Waals surface area contributed by atoms with E-state index in [4.69, 9.17) is 4.74 Å². The van der Waals surface area contributed by atoms with Crippen molar-refractivity contribution in [3.63, 3.8) is 0 Å². The molecular weight excluding hydrogens is 298 g/mol. The van der Waals surface area contributed by atoms with Gasteiger partial charge in [0.15, 0.2) is 5.13 Å². The summed E-state index contributed by atoms with van der Waals surface area (Å²) < 4.78 is 6.22. The van der Waals surface area contributed by atoms with Gasteiger partial charge in [0.05, 0.1) is 19.7 Å². The highest BCUT2D eigenvalue weighted by molar-refractivity contribution is 7.13. The zero-order valence-electron chi connectivity index (χ0n) is 12.4. The highest BCUT2D eigenvalue weighted by Crippen LogP contribution is 2.32. The van der Waals surface area contributed by atoms with E-state index in [0.717, 1.165) is 56.7 Å². The van der Waals surface area contributed by atoms with Crippen molar-refractivity contribution >= 4 is 22.4 Å². The second-order valence-corrected chi connectivity index (χ2v) is 6.71. The van der Waals surface area contributed by atoms with Crippen molar-refractivity contribution in [2.75, 3.05) is 42.6 Å². The molecule has 2 fully saturated rings. The third-order valence-corrected chi connectivity index (χ3v) is 5.14. The van der Waals surface area contributed by atoms with Crippen molar-refractivity contribution < 1.29 is 4.74 Å². The summed E-state index contributed by atoms with van der Waals surface area (Å²) in [6.45, 7) is 4.40. The first-order valence-electron chi connectivity index (χ1n) is 7.65. The zero-order valence-corrected chi connectivity index (χ0v) is 13.2. The molecule has 116 valence electrons. The van der Waals surface area contributed by atoms with Crippen LogP contribution in [0.4, 0.5) is 11.1 Å². The second kappa shape index (κ2) is 5.81. The lowest BCUT2D eigenvalue weighted by molar-refractivity contribution is -0.0631. The molecular formula is C15H19N5OS. The fourth-order valence-corrected chi connectivity index (χ4v) is 4.02. The van der Waals surface area contributed by atoms with Gasteiger partial charge in [-0.25, -0.2) is 15.0 Å². The molecule has 2 aromatic heterocycles. The minimum atomic E-state index is -0.138. The van der Waals surface area contributed by atoms with Gasteiger partial charge in [0.25, 0.3) is 0 Å². The number of piperidine rings is 1. The molecule has 0 aromatic carbocycles. The van der Waals surface area contributed by atoms with Crippen molar-refractivity contribution in [1.82, 2.24) is 15.0 Å². The Balaban J connectivity index is 1.53. The molecule has 0 N–H and O–H groups in total. The standard InChI is InChI=1S/C15H19N5OS/c1-3-15(11-19(7-1)13-16-4-2-5-17-13)12-20(8-9-21-15)14-18-6-10-22-14/h2,4-6,10H,1,3,7-9,11-12H2/t15-/m1/s1. The molecule has 2 saturated heterocycles. The normalized spacial score (nSPS) is 25.6. The SMILES string of the molecule is c1cnc(N2CCC[C@@]3(C2)CN(c2nccs2)CCO3)nc1. The monoisotopic (exact) mass is 317 g/mol. The van der Waals surface area contributed by atoms with Crippen LogP contribution in [-0.2, 0) is 4.74 Å². The maximum Gasteiger partial charge on any atom is 0.225 e. The van der Waals surface area contributed by atoms with Crippen LogP contribution in [0.1, 0.15) is 12.8 Å². The first kappa shape index (κ1) is 13.9. The smallest absolute Gasteiger partial charge is 0.225 e. The van der Waals surface area contributed by atoms with Crippen molar-refractivity contribution in [2.45, 2.75) is 18.4 Å².